The Morgan fingerprint density at radius 1 is 1.43 bits per heavy atom. The third-order valence-electron chi connectivity index (χ3n) is 4.07. The lowest BCUT2D eigenvalue weighted by atomic mass is 9.77. The molecule has 0 saturated carbocycles. The Morgan fingerprint density at radius 2 is 2.17 bits per heavy atom. The zero-order valence-corrected chi connectivity index (χ0v) is 12.9. The second kappa shape index (κ2) is 5.87. The normalized spacial score (nSPS) is 20.2. The van der Waals surface area contributed by atoms with Gasteiger partial charge in [0.2, 0.25) is 0 Å². The summed E-state index contributed by atoms with van der Waals surface area (Å²) in [6.45, 7) is 3.73. The lowest BCUT2D eigenvalue weighted by Crippen LogP contribution is -2.36. The highest BCUT2D eigenvalue weighted by Gasteiger charge is 2.43. The van der Waals surface area contributed by atoms with Crippen LogP contribution in [0, 0.1) is 11.8 Å². The van der Waals surface area contributed by atoms with E-state index in [-0.39, 0.29) is 35.3 Å². The minimum atomic E-state index is -0.869. The van der Waals surface area contributed by atoms with Crippen LogP contribution >= 0.6 is 0 Å². The van der Waals surface area contributed by atoms with Gasteiger partial charge in [-0.2, -0.15) is 0 Å². The van der Waals surface area contributed by atoms with E-state index >= 15 is 0 Å². The summed E-state index contributed by atoms with van der Waals surface area (Å²) in [5, 5.41) is 13.9. The largest absolute Gasteiger partial charge is 0.507 e. The van der Waals surface area contributed by atoms with Gasteiger partial charge in [0.15, 0.2) is 5.78 Å². The number of hydrogen-bond acceptors (Lipinski definition) is 6. The third kappa shape index (κ3) is 2.50. The second-order valence-electron chi connectivity index (χ2n) is 5.62. The molecule has 0 spiro atoms. The maximum atomic E-state index is 12.8. The summed E-state index contributed by atoms with van der Waals surface area (Å²) < 4.78 is 10.3. The van der Waals surface area contributed by atoms with Crippen molar-refractivity contribution in [3.05, 3.63) is 35.6 Å². The van der Waals surface area contributed by atoms with Crippen LogP contribution in [-0.4, -0.2) is 28.6 Å². The van der Waals surface area contributed by atoms with Crippen LogP contribution < -0.4 is 0 Å². The van der Waals surface area contributed by atoms with E-state index in [9.17, 15) is 14.7 Å². The first-order valence-electron chi connectivity index (χ1n) is 7.52. The van der Waals surface area contributed by atoms with E-state index in [2.05, 4.69) is 5.16 Å². The second-order valence-corrected chi connectivity index (χ2v) is 5.62. The molecule has 1 heterocycles. The van der Waals surface area contributed by atoms with Gasteiger partial charge in [0.25, 0.3) is 0 Å². The standard InChI is InChI=1S/C17H17NO5/c1-3-22-17(21)13-9(2)8-12-14(16(13)20)15(18-23-12)10-6-4-5-7-11(10)19/h4-7,9,13,19H,3,8H2,1-2H3. The van der Waals surface area contributed by atoms with Gasteiger partial charge in [0, 0.05) is 12.0 Å². The zero-order chi connectivity index (χ0) is 16.6. The number of para-hydroxylation sites is 1. The first-order valence-corrected chi connectivity index (χ1v) is 7.52. The molecule has 1 aromatic carbocycles. The van der Waals surface area contributed by atoms with Crippen LogP contribution in [0.4, 0.5) is 0 Å². The molecule has 23 heavy (non-hydrogen) atoms. The molecule has 1 aliphatic rings. The number of carbonyl (C=O) groups excluding carboxylic acids is 2. The molecule has 6 nitrogen and oxygen atoms in total. The molecule has 0 aliphatic heterocycles. The van der Waals surface area contributed by atoms with Crippen LogP contribution in [-0.2, 0) is 16.0 Å². The molecule has 2 unspecified atom stereocenters. The molecule has 120 valence electrons. The predicted octanol–water partition coefficient (Wildman–Crippen LogP) is 2.60. The summed E-state index contributed by atoms with van der Waals surface area (Å²) in [4.78, 5) is 24.9. The molecule has 0 amide bonds. The number of ether oxygens (including phenoxy) is 1. The summed E-state index contributed by atoms with van der Waals surface area (Å²) in [5.41, 5.74) is 0.940. The Labute approximate surface area is 133 Å². The average Bonchev–Trinajstić information content (AvgIpc) is 2.91. The maximum absolute atomic E-state index is 12.8. The summed E-state index contributed by atoms with van der Waals surface area (Å²) in [7, 11) is 0. The number of rotatable bonds is 3. The molecule has 1 N–H and O–H groups in total. The topological polar surface area (TPSA) is 89.6 Å². The van der Waals surface area contributed by atoms with Gasteiger partial charge < -0.3 is 14.4 Å². The summed E-state index contributed by atoms with van der Waals surface area (Å²) >= 11 is 0. The molecule has 0 radical (unpaired) electrons. The van der Waals surface area contributed by atoms with Gasteiger partial charge in [-0.3, -0.25) is 9.59 Å². The summed E-state index contributed by atoms with van der Waals surface area (Å²) in [6.07, 6.45) is 0.422. The van der Waals surface area contributed by atoms with Crippen molar-refractivity contribution in [3.63, 3.8) is 0 Å². The lowest BCUT2D eigenvalue weighted by molar-refractivity contribution is -0.147. The molecule has 1 aromatic heterocycles. The Bertz CT molecular complexity index is 764. The van der Waals surface area contributed by atoms with Crippen molar-refractivity contribution < 1.29 is 24.0 Å². The van der Waals surface area contributed by atoms with Crippen molar-refractivity contribution in [2.75, 3.05) is 6.61 Å². The molecule has 2 aromatic rings. The van der Waals surface area contributed by atoms with Crippen LogP contribution in [0.15, 0.2) is 28.8 Å². The number of fused-ring (bicyclic) bond motifs is 1. The monoisotopic (exact) mass is 315 g/mol. The number of ketones is 1. The van der Waals surface area contributed by atoms with E-state index in [1.807, 2.05) is 6.92 Å². The van der Waals surface area contributed by atoms with E-state index in [0.717, 1.165) is 0 Å². The number of phenols is 1. The number of nitrogens with zero attached hydrogens (tertiary/aromatic N) is 1. The first-order chi connectivity index (χ1) is 11.0. The van der Waals surface area contributed by atoms with E-state index in [1.54, 1.807) is 25.1 Å². The number of esters is 1. The fourth-order valence-corrected chi connectivity index (χ4v) is 2.97. The van der Waals surface area contributed by atoms with Crippen molar-refractivity contribution in [2.45, 2.75) is 20.3 Å². The quantitative estimate of drug-likeness (QED) is 0.691. The van der Waals surface area contributed by atoms with Crippen molar-refractivity contribution in [1.29, 1.82) is 0 Å². The minimum absolute atomic E-state index is 0.00251. The van der Waals surface area contributed by atoms with Crippen LogP contribution in [0.25, 0.3) is 11.3 Å². The van der Waals surface area contributed by atoms with Crippen LogP contribution in [0.5, 0.6) is 5.75 Å². The minimum Gasteiger partial charge on any atom is -0.507 e. The summed E-state index contributed by atoms with van der Waals surface area (Å²) in [6, 6.07) is 6.57. The van der Waals surface area contributed by atoms with Crippen molar-refractivity contribution >= 4 is 11.8 Å². The lowest BCUT2D eigenvalue weighted by Gasteiger charge is -2.24. The number of aromatic hydroxyl groups is 1. The smallest absolute Gasteiger partial charge is 0.317 e. The number of hydrogen-bond donors (Lipinski definition) is 1. The van der Waals surface area contributed by atoms with Crippen LogP contribution in [0.3, 0.4) is 0 Å². The van der Waals surface area contributed by atoms with E-state index in [1.165, 1.54) is 6.07 Å². The van der Waals surface area contributed by atoms with Gasteiger partial charge in [0.1, 0.15) is 23.1 Å². The molecule has 3 rings (SSSR count). The average molecular weight is 315 g/mol. The molecular formula is C17H17NO5. The van der Waals surface area contributed by atoms with E-state index in [0.29, 0.717) is 17.7 Å². The highest BCUT2D eigenvalue weighted by Crippen LogP contribution is 2.39. The third-order valence-corrected chi connectivity index (χ3v) is 4.07. The van der Waals surface area contributed by atoms with E-state index < -0.39 is 11.9 Å². The number of Topliss-reactive ketones (excluding diaryl/α,β-unsaturated/α-hetero) is 1. The Balaban J connectivity index is 2.07. The van der Waals surface area contributed by atoms with Gasteiger partial charge in [0.05, 0.1) is 12.2 Å². The first kappa shape index (κ1) is 15.3. The molecule has 0 bridgehead atoms. The number of carbonyl (C=O) groups is 2. The number of phenolic OH excluding ortho intramolecular Hbond substituents is 1. The Hall–Kier alpha value is -2.63. The van der Waals surface area contributed by atoms with Crippen LogP contribution in [0.2, 0.25) is 0 Å². The van der Waals surface area contributed by atoms with Crippen molar-refractivity contribution in [2.24, 2.45) is 11.8 Å². The van der Waals surface area contributed by atoms with Gasteiger partial charge in [-0.15, -0.1) is 0 Å². The molecule has 1 aliphatic carbocycles. The molecule has 2 atom stereocenters. The van der Waals surface area contributed by atoms with E-state index in [4.69, 9.17) is 9.26 Å². The molecule has 0 fully saturated rings. The van der Waals surface area contributed by atoms with Gasteiger partial charge in [-0.1, -0.05) is 24.2 Å². The van der Waals surface area contributed by atoms with Crippen molar-refractivity contribution in [1.82, 2.24) is 5.16 Å². The fraction of sp³-hybridized carbons (Fsp3) is 0.353. The SMILES string of the molecule is CCOC(=O)C1C(=O)c2c(-c3ccccc3O)noc2CC1C. The predicted molar refractivity (Wildman–Crippen MR) is 80.9 cm³/mol. The van der Waals surface area contributed by atoms with Gasteiger partial charge in [-0.05, 0) is 25.0 Å². The van der Waals surface area contributed by atoms with Crippen LogP contribution in [0.1, 0.15) is 30.0 Å². The molecule has 6 heteroatoms. The molecular weight excluding hydrogens is 298 g/mol. The van der Waals surface area contributed by atoms with Gasteiger partial charge >= 0.3 is 5.97 Å². The maximum Gasteiger partial charge on any atom is 0.317 e. The zero-order valence-electron chi connectivity index (χ0n) is 12.9. The fourth-order valence-electron chi connectivity index (χ4n) is 2.97. The highest BCUT2D eigenvalue weighted by molar-refractivity contribution is 6.13. The van der Waals surface area contributed by atoms with Gasteiger partial charge in [-0.25, -0.2) is 0 Å². The Kier molecular flexibility index (Phi) is 3.90. The highest BCUT2D eigenvalue weighted by atomic mass is 16.5. The van der Waals surface area contributed by atoms with Crippen molar-refractivity contribution in [3.8, 4) is 17.0 Å². The number of benzene rings is 1. The Morgan fingerprint density at radius 3 is 2.87 bits per heavy atom. The molecule has 0 saturated heterocycles. The number of aromatic nitrogens is 1. The summed E-state index contributed by atoms with van der Waals surface area (Å²) in [5.74, 6) is -1.54.